The highest BCUT2D eigenvalue weighted by atomic mass is 35.5. The van der Waals surface area contributed by atoms with Crippen LogP contribution in [0.25, 0.3) is 0 Å². The van der Waals surface area contributed by atoms with E-state index >= 15 is 0 Å². The first-order valence-electron chi connectivity index (χ1n) is 17.9. The lowest BCUT2D eigenvalue weighted by Gasteiger charge is -2.60. The van der Waals surface area contributed by atoms with Crippen molar-refractivity contribution in [1.82, 2.24) is 30.9 Å². The van der Waals surface area contributed by atoms with Crippen LogP contribution in [0.5, 0.6) is 6.01 Å². The first kappa shape index (κ1) is 39.5. The van der Waals surface area contributed by atoms with E-state index < -0.39 is 60.6 Å². The summed E-state index contributed by atoms with van der Waals surface area (Å²) in [5.41, 5.74) is 1.04. The maximum atomic E-state index is 13.1. The van der Waals surface area contributed by atoms with Gasteiger partial charge in [0.25, 0.3) is 5.91 Å². The summed E-state index contributed by atoms with van der Waals surface area (Å²) < 4.78 is 48.5. The Kier molecular flexibility index (Phi) is 11.4. The number of alkyl halides is 3. The van der Waals surface area contributed by atoms with E-state index in [2.05, 4.69) is 55.4 Å². The van der Waals surface area contributed by atoms with Crippen molar-refractivity contribution >= 4 is 52.9 Å². The molecule has 55 heavy (non-hydrogen) atoms. The van der Waals surface area contributed by atoms with Crippen LogP contribution in [-0.2, 0) is 24.7 Å². The number of carbonyl (C=O) groups excluding carboxylic acids is 4. The number of anilines is 3. The number of benzene rings is 2. The van der Waals surface area contributed by atoms with Crippen molar-refractivity contribution in [1.29, 1.82) is 0 Å². The van der Waals surface area contributed by atoms with Crippen LogP contribution < -0.4 is 31.3 Å². The summed E-state index contributed by atoms with van der Waals surface area (Å²) in [4.78, 5) is 63.1. The summed E-state index contributed by atoms with van der Waals surface area (Å²) in [7, 11) is 1.12. The van der Waals surface area contributed by atoms with Gasteiger partial charge < -0.3 is 36.1 Å². The molecule has 0 saturated heterocycles. The summed E-state index contributed by atoms with van der Waals surface area (Å²) in [5.74, 6) is -1.97. The van der Waals surface area contributed by atoms with Crippen LogP contribution in [0.3, 0.4) is 0 Å². The maximum absolute atomic E-state index is 13.1. The first-order chi connectivity index (χ1) is 26.0. The zero-order valence-corrected chi connectivity index (χ0v) is 31.1. The number of fused-ring (bicyclic) bond motifs is 2. The number of carbonyl (C=O) groups is 4. The Morgan fingerprint density at radius 3 is 2.22 bits per heavy atom. The van der Waals surface area contributed by atoms with Gasteiger partial charge in [0.1, 0.15) is 6.04 Å². The van der Waals surface area contributed by atoms with Gasteiger partial charge in [0.15, 0.2) is 6.61 Å². The summed E-state index contributed by atoms with van der Waals surface area (Å²) in [6.07, 6.45) is 0.0234. The molecule has 5 N–H and O–H groups in total. The fraction of sp³-hybridized carbons (Fsp3) is 0.486. The molecule has 4 aliphatic carbocycles. The van der Waals surface area contributed by atoms with Gasteiger partial charge >= 0.3 is 30.0 Å². The molecule has 2 aromatic carbocycles. The summed E-state index contributed by atoms with van der Waals surface area (Å²) >= 11 is 6.03. The molecule has 4 fully saturated rings. The lowest BCUT2D eigenvalue weighted by atomic mass is 9.45. The third-order valence-corrected chi connectivity index (χ3v) is 11.1. The number of hydrogen-bond acceptors (Lipinski definition) is 11. The molecule has 14 nitrogen and oxygen atoms in total. The van der Waals surface area contributed by atoms with Gasteiger partial charge in [-0.05, 0) is 97.2 Å². The van der Waals surface area contributed by atoms with Crippen LogP contribution in [0.15, 0.2) is 48.5 Å². The third-order valence-electron chi connectivity index (χ3n) is 10.9. The van der Waals surface area contributed by atoms with Crippen molar-refractivity contribution in [3.05, 3.63) is 64.7 Å². The summed E-state index contributed by atoms with van der Waals surface area (Å²) in [6, 6.07) is 11.0. The molecule has 0 aliphatic heterocycles. The van der Waals surface area contributed by atoms with Crippen molar-refractivity contribution < 1.29 is 41.8 Å². The normalized spacial score (nSPS) is 20.8. The number of rotatable bonds is 14. The van der Waals surface area contributed by atoms with E-state index in [1.54, 1.807) is 12.1 Å². The number of nitrogens with zero attached hydrogens (tertiary/aromatic N) is 3. The lowest BCUT2D eigenvalue weighted by molar-refractivity contribution is -0.154. The quantitative estimate of drug-likeness (QED) is 0.111. The number of amides is 3. The molecular weight excluding hydrogens is 745 g/mol. The van der Waals surface area contributed by atoms with Crippen LogP contribution in [0.2, 0.25) is 5.02 Å². The van der Waals surface area contributed by atoms with Crippen molar-refractivity contribution in [3.8, 4) is 6.01 Å². The Hall–Kier alpha value is -5.19. The van der Waals surface area contributed by atoms with E-state index in [1.165, 1.54) is 24.3 Å². The number of aromatic nitrogens is 3. The molecule has 3 aromatic rings. The van der Waals surface area contributed by atoms with Crippen molar-refractivity contribution in [2.24, 2.45) is 23.2 Å². The monoisotopic (exact) mass is 786 g/mol. The minimum Gasteiger partial charge on any atom is -0.467 e. The van der Waals surface area contributed by atoms with Gasteiger partial charge in [0.2, 0.25) is 11.9 Å². The number of halogens is 4. The van der Waals surface area contributed by atoms with Crippen LogP contribution in [0.4, 0.5) is 30.8 Å². The van der Waals surface area contributed by atoms with Gasteiger partial charge in [-0.2, -0.15) is 28.1 Å². The zero-order chi connectivity index (χ0) is 39.5. The van der Waals surface area contributed by atoms with Crippen LogP contribution in [0.1, 0.15) is 61.9 Å². The lowest BCUT2D eigenvalue weighted by Crippen LogP contribution is -2.55. The average molecular weight is 787 g/mol. The molecule has 0 spiro atoms. The molecule has 1 aromatic heterocycles. The standard InChI is InChI=1S/C37H42ClF3N8O6/c1-35(2)23-7-4-21(26(35)16-23)17-42-29(51)30(52)43-18-27(31(53)54-3)45-28(50)20-5-12-25(13-6-20)44-32-46-33(48-34(47-32)55-19-37(39,40)41)49-36(14-15-36)22-8-10-24(38)11-9-22/h5-6,8-13,21,23,26-27H,4,7,14-19H2,1-3H3,(H,42,51)(H,43,52)(H,45,50)(H2,44,46,47,48,49)/t21?,23-,26-,27-/m0/s1. The van der Waals surface area contributed by atoms with Gasteiger partial charge in [-0.25, -0.2) is 4.79 Å². The molecule has 294 valence electrons. The van der Waals surface area contributed by atoms with Crippen molar-refractivity contribution in [2.75, 3.05) is 37.4 Å². The topological polar surface area (TPSA) is 186 Å². The highest BCUT2D eigenvalue weighted by Gasteiger charge is 2.54. The number of nitrogens with one attached hydrogen (secondary N) is 5. The van der Waals surface area contributed by atoms with Crippen LogP contribution in [-0.4, -0.2) is 77.7 Å². The molecule has 7 rings (SSSR count). The van der Waals surface area contributed by atoms with E-state index in [-0.39, 0.29) is 22.9 Å². The van der Waals surface area contributed by atoms with Crippen LogP contribution >= 0.6 is 11.6 Å². The molecule has 1 unspecified atom stereocenters. The second kappa shape index (κ2) is 15.9. The van der Waals surface area contributed by atoms with Crippen LogP contribution in [0, 0.1) is 23.2 Å². The summed E-state index contributed by atoms with van der Waals surface area (Å²) in [5, 5.41) is 14.2. The summed E-state index contributed by atoms with van der Waals surface area (Å²) in [6.45, 7) is 2.86. The minimum atomic E-state index is -4.63. The fourth-order valence-electron chi connectivity index (χ4n) is 7.47. The molecule has 3 amide bonds. The van der Waals surface area contributed by atoms with Gasteiger partial charge in [0, 0.05) is 29.4 Å². The highest BCUT2D eigenvalue weighted by molar-refractivity contribution is 6.35. The van der Waals surface area contributed by atoms with Crippen molar-refractivity contribution in [3.63, 3.8) is 0 Å². The van der Waals surface area contributed by atoms with Gasteiger partial charge in [-0.15, -0.1) is 0 Å². The maximum Gasteiger partial charge on any atom is 0.422 e. The second-order valence-corrected chi connectivity index (χ2v) is 15.2. The molecule has 4 aliphatic rings. The molecule has 4 atom stereocenters. The fourth-order valence-corrected chi connectivity index (χ4v) is 7.60. The predicted molar refractivity (Wildman–Crippen MR) is 194 cm³/mol. The second-order valence-electron chi connectivity index (χ2n) is 14.8. The van der Waals surface area contributed by atoms with E-state index in [0.29, 0.717) is 47.9 Å². The van der Waals surface area contributed by atoms with Crippen molar-refractivity contribution in [2.45, 2.75) is 63.7 Å². The van der Waals surface area contributed by atoms with E-state index in [4.69, 9.17) is 21.1 Å². The predicted octanol–water partition coefficient (Wildman–Crippen LogP) is 4.89. The van der Waals surface area contributed by atoms with Gasteiger partial charge in [-0.1, -0.05) is 37.6 Å². The molecule has 18 heteroatoms. The SMILES string of the molecule is COC(=O)[C@H](CNC(=O)C(=O)NCC1CC[C@H]2C[C@@H]1C2(C)C)NC(=O)c1ccc(Nc2nc(NC3(c4ccc(Cl)cc4)CC3)nc(OCC(F)(F)F)n2)cc1. The number of ether oxygens (including phenoxy) is 2. The Bertz CT molecular complexity index is 1910. The minimum absolute atomic E-state index is 0.0267. The zero-order valence-electron chi connectivity index (χ0n) is 30.4. The highest BCUT2D eigenvalue weighted by Crippen LogP contribution is 2.61. The van der Waals surface area contributed by atoms with E-state index in [9.17, 15) is 32.3 Å². The third kappa shape index (κ3) is 9.55. The molecule has 0 radical (unpaired) electrons. The van der Waals surface area contributed by atoms with Gasteiger partial charge in [-0.3, -0.25) is 14.4 Å². The largest absolute Gasteiger partial charge is 0.467 e. The number of esters is 1. The Labute approximate surface area is 320 Å². The smallest absolute Gasteiger partial charge is 0.422 e. The number of hydrogen-bond donors (Lipinski definition) is 5. The van der Waals surface area contributed by atoms with E-state index in [0.717, 1.165) is 31.9 Å². The Morgan fingerprint density at radius 2 is 1.60 bits per heavy atom. The molecule has 1 heterocycles. The average Bonchev–Trinajstić information content (AvgIpc) is 3.94. The molecular formula is C37H42ClF3N8O6. The molecule has 2 bridgehead atoms. The van der Waals surface area contributed by atoms with Gasteiger partial charge in [0.05, 0.1) is 12.6 Å². The molecule has 4 saturated carbocycles. The van der Waals surface area contributed by atoms with E-state index in [1.807, 2.05) is 12.1 Å². The Morgan fingerprint density at radius 1 is 0.927 bits per heavy atom. The Balaban J connectivity index is 1.06. The number of methoxy groups -OCH3 is 1. The first-order valence-corrected chi connectivity index (χ1v) is 18.2.